The molecule has 1 aliphatic heterocycles. The first-order valence-corrected chi connectivity index (χ1v) is 11.7. The monoisotopic (exact) mass is 428 g/mol. The molecule has 6 heteroatoms. The molecule has 2 unspecified atom stereocenters. The van der Waals surface area contributed by atoms with Crippen molar-refractivity contribution in [2.75, 3.05) is 19.8 Å². The van der Waals surface area contributed by atoms with Crippen molar-refractivity contribution in [3.8, 4) is 0 Å². The summed E-state index contributed by atoms with van der Waals surface area (Å²) in [7, 11) is 0. The van der Waals surface area contributed by atoms with E-state index in [1.807, 2.05) is 43.9 Å². The minimum absolute atomic E-state index is 0.0210. The van der Waals surface area contributed by atoms with E-state index < -0.39 is 5.60 Å². The lowest BCUT2D eigenvalue weighted by Crippen LogP contribution is -2.40. The summed E-state index contributed by atoms with van der Waals surface area (Å²) in [6, 6.07) is 6.30. The molecule has 3 fully saturated rings. The highest BCUT2D eigenvalue weighted by Crippen LogP contribution is 2.48. The predicted octanol–water partition coefficient (Wildman–Crippen LogP) is 4.41. The van der Waals surface area contributed by atoms with Crippen LogP contribution in [0.5, 0.6) is 0 Å². The molecular formula is C25H36N2O4. The van der Waals surface area contributed by atoms with Gasteiger partial charge in [0.15, 0.2) is 0 Å². The molecule has 0 spiro atoms. The van der Waals surface area contributed by atoms with Crippen LogP contribution in [0.4, 0.5) is 4.79 Å². The Kier molecular flexibility index (Phi) is 6.29. The highest BCUT2D eigenvalue weighted by molar-refractivity contribution is 5.94. The standard InChI is InChI=1S/C25H36N2O4/c1-16-5-8-18(23(28)26-19-9-11-30-12-10-19)13-20(16)21-14-22(21)27(15-17-6-7-17)24(29)31-25(2,3)4/h5,8,13,17,19,21-22H,6-7,9-12,14-15H2,1-4H3,(H,26,28). The lowest BCUT2D eigenvalue weighted by atomic mass is 9.99. The second-order valence-corrected chi connectivity index (χ2v) is 10.4. The molecule has 1 aromatic rings. The van der Waals surface area contributed by atoms with Gasteiger partial charge in [-0.25, -0.2) is 4.79 Å². The number of ether oxygens (including phenoxy) is 2. The maximum Gasteiger partial charge on any atom is 0.410 e. The zero-order valence-corrected chi connectivity index (χ0v) is 19.3. The van der Waals surface area contributed by atoms with Gasteiger partial charge >= 0.3 is 6.09 Å². The van der Waals surface area contributed by atoms with Gasteiger partial charge in [-0.3, -0.25) is 4.79 Å². The van der Waals surface area contributed by atoms with Gasteiger partial charge in [0.05, 0.1) is 0 Å². The van der Waals surface area contributed by atoms with E-state index in [1.54, 1.807) is 0 Å². The molecule has 6 nitrogen and oxygen atoms in total. The third kappa shape index (κ3) is 5.79. The first-order chi connectivity index (χ1) is 14.7. The average Bonchev–Trinajstić information content (AvgIpc) is 3.61. The molecule has 2 atom stereocenters. The summed E-state index contributed by atoms with van der Waals surface area (Å²) >= 11 is 0. The van der Waals surface area contributed by atoms with Crippen LogP contribution in [0, 0.1) is 12.8 Å². The van der Waals surface area contributed by atoms with Crippen molar-refractivity contribution in [2.24, 2.45) is 5.92 Å². The SMILES string of the molecule is Cc1ccc(C(=O)NC2CCOCC2)cc1C1CC1N(CC1CC1)C(=O)OC(C)(C)C. The largest absolute Gasteiger partial charge is 0.444 e. The number of nitrogens with one attached hydrogen (secondary N) is 1. The summed E-state index contributed by atoms with van der Waals surface area (Å²) in [5.74, 6) is 0.848. The summed E-state index contributed by atoms with van der Waals surface area (Å²) in [6.45, 7) is 10.0. The predicted molar refractivity (Wildman–Crippen MR) is 119 cm³/mol. The number of carbonyl (C=O) groups excluding carboxylic acids is 2. The molecule has 1 saturated heterocycles. The van der Waals surface area contributed by atoms with Crippen molar-refractivity contribution >= 4 is 12.0 Å². The maximum absolute atomic E-state index is 12.9. The molecule has 170 valence electrons. The smallest absolute Gasteiger partial charge is 0.410 e. The van der Waals surface area contributed by atoms with Crippen LogP contribution in [0.15, 0.2) is 18.2 Å². The van der Waals surface area contributed by atoms with Crippen molar-refractivity contribution in [3.63, 3.8) is 0 Å². The minimum Gasteiger partial charge on any atom is -0.444 e. The van der Waals surface area contributed by atoms with E-state index in [2.05, 4.69) is 12.2 Å². The van der Waals surface area contributed by atoms with E-state index in [0.717, 1.165) is 25.8 Å². The van der Waals surface area contributed by atoms with Crippen LogP contribution in [-0.2, 0) is 9.47 Å². The van der Waals surface area contributed by atoms with Crippen LogP contribution in [0.25, 0.3) is 0 Å². The lowest BCUT2D eigenvalue weighted by molar-refractivity contribution is 0.0220. The fourth-order valence-electron chi connectivity index (χ4n) is 4.40. The Morgan fingerprint density at radius 3 is 2.52 bits per heavy atom. The number of benzene rings is 1. The third-order valence-corrected chi connectivity index (χ3v) is 6.43. The Bertz CT molecular complexity index is 821. The second-order valence-electron chi connectivity index (χ2n) is 10.4. The zero-order chi connectivity index (χ0) is 22.2. The fraction of sp³-hybridized carbons (Fsp3) is 0.680. The Hall–Kier alpha value is -2.08. The molecule has 31 heavy (non-hydrogen) atoms. The number of aryl methyl sites for hydroxylation is 1. The topological polar surface area (TPSA) is 67.9 Å². The van der Waals surface area contributed by atoms with Gasteiger partial charge in [-0.15, -0.1) is 0 Å². The Morgan fingerprint density at radius 1 is 1.16 bits per heavy atom. The normalized spacial score (nSPS) is 23.9. The van der Waals surface area contributed by atoms with Gasteiger partial charge < -0.3 is 19.7 Å². The Balaban J connectivity index is 1.45. The summed E-state index contributed by atoms with van der Waals surface area (Å²) < 4.78 is 11.1. The number of hydrogen-bond donors (Lipinski definition) is 1. The molecule has 4 rings (SSSR count). The summed E-state index contributed by atoms with van der Waals surface area (Å²) in [5, 5.41) is 3.15. The van der Waals surface area contributed by atoms with Crippen LogP contribution in [0.3, 0.4) is 0 Å². The summed E-state index contributed by atoms with van der Waals surface area (Å²) in [4.78, 5) is 27.7. The van der Waals surface area contributed by atoms with Crippen LogP contribution in [0.1, 0.15) is 80.3 Å². The highest BCUT2D eigenvalue weighted by atomic mass is 16.6. The number of carbonyl (C=O) groups is 2. The molecule has 0 bridgehead atoms. The van der Waals surface area contributed by atoms with Crippen LogP contribution >= 0.6 is 0 Å². The molecule has 2 saturated carbocycles. The van der Waals surface area contributed by atoms with E-state index >= 15 is 0 Å². The number of hydrogen-bond acceptors (Lipinski definition) is 4. The van der Waals surface area contributed by atoms with Crippen LogP contribution in [-0.4, -0.2) is 54.3 Å². The van der Waals surface area contributed by atoms with Crippen molar-refractivity contribution in [1.82, 2.24) is 10.2 Å². The van der Waals surface area contributed by atoms with E-state index in [-0.39, 0.29) is 30.0 Å². The molecule has 3 aliphatic rings. The Morgan fingerprint density at radius 2 is 1.87 bits per heavy atom. The average molecular weight is 429 g/mol. The van der Waals surface area contributed by atoms with Gasteiger partial charge in [0, 0.05) is 43.3 Å². The summed E-state index contributed by atoms with van der Waals surface area (Å²) in [6.07, 6.45) is 4.83. The van der Waals surface area contributed by atoms with E-state index in [9.17, 15) is 9.59 Å². The minimum atomic E-state index is -0.499. The quantitative estimate of drug-likeness (QED) is 0.729. The zero-order valence-electron chi connectivity index (χ0n) is 19.3. The first kappa shape index (κ1) is 22.1. The molecular weight excluding hydrogens is 392 g/mol. The van der Waals surface area contributed by atoms with E-state index in [4.69, 9.17) is 9.47 Å². The van der Waals surface area contributed by atoms with Gasteiger partial charge in [0.1, 0.15) is 5.60 Å². The lowest BCUT2D eigenvalue weighted by Gasteiger charge is -2.28. The van der Waals surface area contributed by atoms with Gasteiger partial charge in [0.2, 0.25) is 0 Å². The van der Waals surface area contributed by atoms with E-state index in [0.29, 0.717) is 24.7 Å². The van der Waals surface area contributed by atoms with E-state index in [1.165, 1.54) is 24.0 Å². The second kappa shape index (κ2) is 8.81. The number of amides is 2. The van der Waals surface area contributed by atoms with Crippen LogP contribution < -0.4 is 5.32 Å². The maximum atomic E-state index is 12.9. The van der Waals surface area contributed by atoms with Crippen molar-refractivity contribution in [2.45, 2.75) is 83.4 Å². The molecule has 0 radical (unpaired) electrons. The van der Waals surface area contributed by atoms with Crippen LogP contribution in [0.2, 0.25) is 0 Å². The summed E-state index contributed by atoms with van der Waals surface area (Å²) in [5.41, 5.74) is 2.55. The molecule has 2 aliphatic carbocycles. The van der Waals surface area contributed by atoms with Crippen molar-refractivity contribution < 1.29 is 19.1 Å². The molecule has 1 N–H and O–H groups in total. The van der Waals surface area contributed by atoms with Gasteiger partial charge in [0.25, 0.3) is 5.91 Å². The van der Waals surface area contributed by atoms with Crippen molar-refractivity contribution in [3.05, 3.63) is 34.9 Å². The molecule has 1 aromatic carbocycles. The van der Waals surface area contributed by atoms with Crippen molar-refractivity contribution in [1.29, 1.82) is 0 Å². The first-order valence-electron chi connectivity index (χ1n) is 11.7. The molecule has 2 amide bonds. The fourth-order valence-corrected chi connectivity index (χ4v) is 4.40. The number of rotatable bonds is 6. The Labute approximate surface area is 185 Å². The van der Waals surface area contributed by atoms with Gasteiger partial charge in [-0.2, -0.15) is 0 Å². The molecule has 0 aromatic heterocycles. The van der Waals surface area contributed by atoms with Gasteiger partial charge in [-0.1, -0.05) is 6.07 Å². The molecule has 1 heterocycles. The van der Waals surface area contributed by atoms with Gasteiger partial charge in [-0.05, 0) is 89.0 Å². The highest BCUT2D eigenvalue weighted by Gasteiger charge is 2.48. The number of nitrogens with zero attached hydrogens (tertiary/aromatic N) is 1. The third-order valence-electron chi connectivity index (χ3n) is 6.43.